The quantitative estimate of drug-likeness (QED) is 0.939. The van der Waals surface area contributed by atoms with Crippen molar-refractivity contribution in [3.05, 3.63) is 48.0 Å². The van der Waals surface area contributed by atoms with E-state index >= 15 is 0 Å². The summed E-state index contributed by atoms with van der Waals surface area (Å²) in [6.45, 7) is 4.14. The predicted molar refractivity (Wildman–Crippen MR) is 89.2 cm³/mol. The van der Waals surface area contributed by atoms with E-state index in [1.54, 1.807) is 0 Å². The lowest BCUT2D eigenvalue weighted by Gasteiger charge is -2.39. The summed E-state index contributed by atoms with van der Waals surface area (Å²) in [6.07, 6.45) is 0. The third-order valence-electron chi connectivity index (χ3n) is 4.22. The van der Waals surface area contributed by atoms with Gasteiger partial charge in [0.1, 0.15) is 0 Å². The summed E-state index contributed by atoms with van der Waals surface area (Å²) in [6, 6.07) is 16.1. The molecule has 2 aromatic carbocycles. The zero-order valence-electron chi connectivity index (χ0n) is 12.0. The highest BCUT2D eigenvalue weighted by molar-refractivity contribution is 7.99. The second-order valence-electron chi connectivity index (χ2n) is 5.48. The molecule has 2 aromatic rings. The van der Waals surface area contributed by atoms with Crippen molar-refractivity contribution in [2.24, 2.45) is 5.73 Å². The largest absolute Gasteiger partial charge is 0.329 e. The second kappa shape index (κ2) is 6.17. The van der Waals surface area contributed by atoms with E-state index in [9.17, 15) is 0 Å². The predicted octanol–water partition coefficient (Wildman–Crippen LogP) is 3.28. The molecule has 1 heterocycles. The maximum absolute atomic E-state index is 6.14. The van der Waals surface area contributed by atoms with Crippen LogP contribution in [0.1, 0.15) is 18.5 Å². The van der Waals surface area contributed by atoms with E-state index < -0.39 is 0 Å². The van der Waals surface area contributed by atoms with Crippen molar-refractivity contribution < 1.29 is 0 Å². The molecule has 0 saturated carbocycles. The van der Waals surface area contributed by atoms with Gasteiger partial charge < -0.3 is 5.73 Å². The van der Waals surface area contributed by atoms with Crippen LogP contribution in [0.5, 0.6) is 0 Å². The van der Waals surface area contributed by atoms with Gasteiger partial charge in [-0.05, 0) is 23.3 Å². The fourth-order valence-corrected chi connectivity index (χ4v) is 4.22. The van der Waals surface area contributed by atoms with Crippen molar-refractivity contribution in [2.45, 2.75) is 19.0 Å². The molecule has 0 spiro atoms. The van der Waals surface area contributed by atoms with Crippen molar-refractivity contribution in [1.29, 1.82) is 0 Å². The lowest BCUT2D eigenvalue weighted by molar-refractivity contribution is 0.167. The minimum absolute atomic E-state index is 0.331. The van der Waals surface area contributed by atoms with Gasteiger partial charge in [-0.1, -0.05) is 42.5 Å². The molecule has 2 N–H and O–H groups in total. The molecule has 0 aromatic heterocycles. The lowest BCUT2D eigenvalue weighted by Crippen LogP contribution is -2.45. The molecule has 1 aliphatic heterocycles. The van der Waals surface area contributed by atoms with Crippen LogP contribution in [-0.4, -0.2) is 35.5 Å². The monoisotopic (exact) mass is 286 g/mol. The SMILES string of the molecule is CC1CSCCN1C(CN)c1cccc2ccccc12. The number of hydrogen-bond donors (Lipinski definition) is 1. The molecule has 106 valence electrons. The number of rotatable bonds is 3. The molecule has 0 amide bonds. The summed E-state index contributed by atoms with van der Waals surface area (Å²) in [5, 5.41) is 2.65. The van der Waals surface area contributed by atoms with Gasteiger partial charge in [-0.3, -0.25) is 4.90 Å². The van der Waals surface area contributed by atoms with E-state index in [-0.39, 0.29) is 0 Å². The molecular formula is C17H22N2S. The van der Waals surface area contributed by atoms with Crippen LogP contribution in [0, 0.1) is 0 Å². The topological polar surface area (TPSA) is 29.3 Å². The minimum Gasteiger partial charge on any atom is -0.329 e. The molecule has 20 heavy (non-hydrogen) atoms. The second-order valence-corrected chi connectivity index (χ2v) is 6.63. The van der Waals surface area contributed by atoms with E-state index in [0.29, 0.717) is 18.6 Å². The Hall–Kier alpha value is -1.03. The van der Waals surface area contributed by atoms with Crippen LogP contribution in [0.25, 0.3) is 10.8 Å². The number of hydrogen-bond acceptors (Lipinski definition) is 3. The molecule has 1 saturated heterocycles. The van der Waals surface area contributed by atoms with Crippen molar-refractivity contribution in [2.75, 3.05) is 24.6 Å². The van der Waals surface area contributed by atoms with Crippen molar-refractivity contribution in [3.8, 4) is 0 Å². The number of thioether (sulfide) groups is 1. The average Bonchev–Trinajstić information content (AvgIpc) is 2.50. The number of benzene rings is 2. The van der Waals surface area contributed by atoms with E-state index in [2.05, 4.69) is 66.1 Å². The van der Waals surface area contributed by atoms with Crippen LogP contribution in [0.15, 0.2) is 42.5 Å². The third-order valence-corrected chi connectivity index (χ3v) is 5.41. The van der Waals surface area contributed by atoms with Gasteiger partial charge in [0, 0.05) is 36.7 Å². The number of nitrogens with zero attached hydrogens (tertiary/aromatic N) is 1. The Labute approximate surface area is 125 Å². The summed E-state index contributed by atoms with van der Waals surface area (Å²) in [7, 11) is 0. The first kappa shape index (κ1) is 13.9. The molecule has 0 bridgehead atoms. The normalized spacial score (nSPS) is 22.0. The lowest BCUT2D eigenvalue weighted by atomic mass is 9.97. The van der Waals surface area contributed by atoms with Gasteiger partial charge in [0.15, 0.2) is 0 Å². The summed E-state index contributed by atoms with van der Waals surface area (Å²) in [4.78, 5) is 2.58. The van der Waals surface area contributed by atoms with Gasteiger partial charge in [-0.2, -0.15) is 11.8 Å². The molecule has 0 radical (unpaired) electrons. The average molecular weight is 286 g/mol. The first-order chi connectivity index (χ1) is 9.81. The van der Waals surface area contributed by atoms with Gasteiger partial charge in [0.2, 0.25) is 0 Å². The standard InChI is InChI=1S/C17H22N2S/c1-13-12-20-10-9-19(13)17(11-18)16-8-4-6-14-5-2-3-7-15(14)16/h2-8,13,17H,9-12,18H2,1H3. The van der Waals surface area contributed by atoms with E-state index in [0.717, 1.165) is 6.54 Å². The molecule has 3 rings (SSSR count). The fourth-order valence-electron chi connectivity index (χ4n) is 3.19. The first-order valence-corrected chi connectivity index (χ1v) is 8.48. The highest BCUT2D eigenvalue weighted by Gasteiger charge is 2.27. The Morgan fingerprint density at radius 2 is 2.05 bits per heavy atom. The smallest absolute Gasteiger partial charge is 0.0480 e. The van der Waals surface area contributed by atoms with E-state index in [1.807, 2.05) is 0 Å². The van der Waals surface area contributed by atoms with E-state index in [1.165, 1.54) is 27.8 Å². The Balaban J connectivity index is 2.02. The van der Waals surface area contributed by atoms with Crippen LogP contribution < -0.4 is 5.73 Å². The van der Waals surface area contributed by atoms with Crippen molar-refractivity contribution >= 4 is 22.5 Å². The first-order valence-electron chi connectivity index (χ1n) is 7.32. The summed E-state index contributed by atoms with van der Waals surface area (Å²) >= 11 is 2.05. The van der Waals surface area contributed by atoms with Crippen molar-refractivity contribution in [1.82, 2.24) is 4.90 Å². The van der Waals surface area contributed by atoms with Crippen molar-refractivity contribution in [3.63, 3.8) is 0 Å². The Morgan fingerprint density at radius 3 is 2.85 bits per heavy atom. The molecular weight excluding hydrogens is 264 g/mol. The highest BCUT2D eigenvalue weighted by atomic mass is 32.2. The summed E-state index contributed by atoms with van der Waals surface area (Å²) in [5.41, 5.74) is 7.52. The maximum Gasteiger partial charge on any atom is 0.0480 e. The van der Waals surface area contributed by atoms with Crippen LogP contribution in [0.3, 0.4) is 0 Å². The zero-order valence-corrected chi connectivity index (χ0v) is 12.8. The van der Waals surface area contributed by atoms with E-state index in [4.69, 9.17) is 5.73 Å². The van der Waals surface area contributed by atoms with Gasteiger partial charge >= 0.3 is 0 Å². The number of fused-ring (bicyclic) bond motifs is 1. The molecule has 2 unspecified atom stereocenters. The van der Waals surface area contributed by atoms with Crippen LogP contribution in [0.2, 0.25) is 0 Å². The molecule has 0 aliphatic carbocycles. The molecule has 3 heteroatoms. The summed E-state index contributed by atoms with van der Waals surface area (Å²) in [5.74, 6) is 2.42. The Bertz CT molecular complexity index is 579. The third kappa shape index (κ3) is 2.58. The number of nitrogens with two attached hydrogens (primary N) is 1. The molecule has 1 aliphatic rings. The summed E-state index contributed by atoms with van der Waals surface area (Å²) < 4.78 is 0. The minimum atomic E-state index is 0.331. The van der Waals surface area contributed by atoms with Gasteiger partial charge in [-0.15, -0.1) is 0 Å². The molecule has 2 atom stereocenters. The Kier molecular flexibility index (Phi) is 4.29. The van der Waals surface area contributed by atoms with Crippen LogP contribution in [0.4, 0.5) is 0 Å². The van der Waals surface area contributed by atoms with Crippen LogP contribution in [-0.2, 0) is 0 Å². The van der Waals surface area contributed by atoms with Gasteiger partial charge in [0.05, 0.1) is 0 Å². The van der Waals surface area contributed by atoms with Crippen LogP contribution >= 0.6 is 11.8 Å². The fraction of sp³-hybridized carbons (Fsp3) is 0.412. The Morgan fingerprint density at radius 1 is 1.25 bits per heavy atom. The molecule has 2 nitrogen and oxygen atoms in total. The van der Waals surface area contributed by atoms with Gasteiger partial charge in [-0.25, -0.2) is 0 Å². The highest BCUT2D eigenvalue weighted by Crippen LogP contribution is 2.31. The van der Waals surface area contributed by atoms with Gasteiger partial charge in [0.25, 0.3) is 0 Å². The maximum atomic E-state index is 6.14. The zero-order chi connectivity index (χ0) is 13.9. The molecule has 1 fully saturated rings.